The fourth-order valence-electron chi connectivity index (χ4n) is 3.24. The zero-order valence-corrected chi connectivity index (χ0v) is 20.5. The van der Waals surface area contributed by atoms with E-state index in [-0.39, 0.29) is 36.3 Å². The molecule has 3 aromatic carbocycles. The highest BCUT2D eigenvalue weighted by Crippen LogP contribution is 2.20. The molecule has 0 aliphatic heterocycles. The molecule has 184 valence electrons. The van der Waals surface area contributed by atoms with Gasteiger partial charge in [0.05, 0.1) is 17.9 Å². The molecule has 3 rings (SSSR count). The lowest BCUT2D eigenvalue weighted by Crippen LogP contribution is -2.26. The van der Waals surface area contributed by atoms with Crippen molar-refractivity contribution in [2.45, 2.75) is 24.8 Å². The summed E-state index contributed by atoms with van der Waals surface area (Å²) >= 11 is 0. The summed E-state index contributed by atoms with van der Waals surface area (Å²) < 4.78 is 37.3. The van der Waals surface area contributed by atoms with E-state index in [0.29, 0.717) is 18.0 Å². The Hall–Kier alpha value is -3.69. The van der Waals surface area contributed by atoms with Gasteiger partial charge in [0, 0.05) is 19.3 Å². The maximum absolute atomic E-state index is 12.8. The molecule has 0 heterocycles. The van der Waals surface area contributed by atoms with Crippen LogP contribution >= 0.6 is 0 Å². The number of ether oxygens (including phenoxy) is 2. The van der Waals surface area contributed by atoms with Crippen LogP contribution in [-0.2, 0) is 37.3 Å². The number of benzene rings is 3. The summed E-state index contributed by atoms with van der Waals surface area (Å²) in [5.74, 6) is -0.309. The highest BCUT2D eigenvalue weighted by molar-refractivity contribution is 7.89. The molecule has 1 N–H and O–H groups in total. The quantitative estimate of drug-likeness (QED) is 0.407. The van der Waals surface area contributed by atoms with E-state index in [0.717, 1.165) is 11.1 Å². The van der Waals surface area contributed by atoms with Crippen molar-refractivity contribution in [3.8, 4) is 5.75 Å². The zero-order chi connectivity index (χ0) is 25.3. The van der Waals surface area contributed by atoms with E-state index in [1.165, 1.54) is 35.6 Å². The molecule has 0 bridgehead atoms. The molecule has 3 aromatic rings. The van der Waals surface area contributed by atoms with Gasteiger partial charge in [0.1, 0.15) is 5.75 Å². The van der Waals surface area contributed by atoms with Crippen LogP contribution in [0.15, 0.2) is 83.8 Å². The first kappa shape index (κ1) is 25.9. The second-order valence-electron chi connectivity index (χ2n) is 7.73. The number of amides is 1. The zero-order valence-electron chi connectivity index (χ0n) is 19.6. The first-order valence-electron chi connectivity index (χ1n) is 11.1. The highest BCUT2D eigenvalue weighted by atomic mass is 32.2. The van der Waals surface area contributed by atoms with E-state index >= 15 is 0 Å². The van der Waals surface area contributed by atoms with Crippen LogP contribution in [0.1, 0.15) is 18.1 Å². The van der Waals surface area contributed by atoms with E-state index in [2.05, 4.69) is 5.32 Å². The standard InChI is InChI=1S/C26H28N2O6S/c1-3-33-26(30)17-20-9-11-22(12-10-20)27-25(29)19-34-23-13-15-24(16-14-23)35(31,32)28(2)18-21-7-5-4-6-8-21/h4-16H,3,17-19H2,1-2H3,(H,27,29). The lowest BCUT2D eigenvalue weighted by molar-refractivity contribution is -0.142. The number of carbonyl (C=O) groups is 2. The Labute approximate surface area is 205 Å². The fraction of sp³-hybridized carbons (Fsp3) is 0.231. The first-order valence-corrected chi connectivity index (χ1v) is 12.5. The molecule has 0 fully saturated rings. The summed E-state index contributed by atoms with van der Waals surface area (Å²) in [6, 6.07) is 22.1. The number of anilines is 1. The molecule has 0 unspecified atom stereocenters. The predicted octanol–water partition coefficient (Wildman–Crippen LogP) is 3.63. The Balaban J connectivity index is 1.50. The third kappa shape index (κ3) is 7.66. The number of nitrogens with zero attached hydrogens (tertiary/aromatic N) is 1. The minimum absolute atomic E-state index is 0.135. The Kier molecular flexibility index (Phi) is 8.99. The Morgan fingerprint density at radius 1 is 0.886 bits per heavy atom. The number of hydrogen-bond donors (Lipinski definition) is 1. The summed E-state index contributed by atoms with van der Waals surface area (Å²) in [5.41, 5.74) is 2.23. The van der Waals surface area contributed by atoms with E-state index in [1.54, 1.807) is 31.2 Å². The Bertz CT molecular complexity index is 1230. The van der Waals surface area contributed by atoms with Gasteiger partial charge in [0.2, 0.25) is 10.0 Å². The average Bonchev–Trinajstić information content (AvgIpc) is 2.85. The monoisotopic (exact) mass is 496 g/mol. The van der Waals surface area contributed by atoms with Crippen molar-refractivity contribution in [1.82, 2.24) is 4.31 Å². The molecular weight excluding hydrogens is 468 g/mol. The van der Waals surface area contributed by atoms with Crippen molar-refractivity contribution in [2.75, 3.05) is 25.6 Å². The smallest absolute Gasteiger partial charge is 0.310 e. The van der Waals surface area contributed by atoms with Gasteiger partial charge in [0.25, 0.3) is 5.91 Å². The van der Waals surface area contributed by atoms with Crippen LogP contribution in [0.3, 0.4) is 0 Å². The fourth-order valence-corrected chi connectivity index (χ4v) is 4.40. The van der Waals surface area contributed by atoms with Crippen molar-refractivity contribution >= 4 is 27.6 Å². The molecule has 0 saturated carbocycles. The van der Waals surface area contributed by atoms with Crippen molar-refractivity contribution in [2.24, 2.45) is 0 Å². The van der Waals surface area contributed by atoms with Gasteiger partial charge in [-0.15, -0.1) is 0 Å². The van der Waals surface area contributed by atoms with Crippen LogP contribution in [-0.4, -0.2) is 44.9 Å². The number of hydrogen-bond acceptors (Lipinski definition) is 6. The van der Waals surface area contributed by atoms with Gasteiger partial charge >= 0.3 is 5.97 Å². The van der Waals surface area contributed by atoms with Crippen LogP contribution in [0.5, 0.6) is 5.75 Å². The molecule has 1 amide bonds. The topological polar surface area (TPSA) is 102 Å². The van der Waals surface area contributed by atoms with Crippen molar-refractivity contribution in [1.29, 1.82) is 0 Å². The number of esters is 1. The molecule has 0 aromatic heterocycles. The number of carbonyl (C=O) groups excluding carboxylic acids is 2. The van der Waals surface area contributed by atoms with Crippen LogP contribution in [0.25, 0.3) is 0 Å². The summed E-state index contributed by atoms with van der Waals surface area (Å²) in [6.45, 7) is 2.09. The minimum Gasteiger partial charge on any atom is -0.484 e. The molecule has 0 radical (unpaired) electrons. The van der Waals surface area contributed by atoms with Gasteiger partial charge in [-0.3, -0.25) is 9.59 Å². The Morgan fingerprint density at radius 3 is 2.17 bits per heavy atom. The van der Waals surface area contributed by atoms with Crippen LogP contribution < -0.4 is 10.1 Å². The predicted molar refractivity (Wildman–Crippen MR) is 132 cm³/mol. The normalized spacial score (nSPS) is 11.2. The second kappa shape index (κ2) is 12.1. The molecule has 0 saturated heterocycles. The molecule has 0 atom stereocenters. The van der Waals surface area contributed by atoms with Gasteiger partial charge in [-0.25, -0.2) is 8.42 Å². The molecule has 8 nitrogen and oxygen atoms in total. The lowest BCUT2D eigenvalue weighted by Gasteiger charge is -2.17. The van der Waals surface area contributed by atoms with E-state index < -0.39 is 10.0 Å². The molecule has 0 aliphatic rings. The van der Waals surface area contributed by atoms with Crippen molar-refractivity contribution in [3.05, 3.63) is 90.0 Å². The molecule has 9 heteroatoms. The van der Waals surface area contributed by atoms with Crippen LogP contribution in [0.2, 0.25) is 0 Å². The van der Waals surface area contributed by atoms with Crippen LogP contribution in [0.4, 0.5) is 5.69 Å². The number of nitrogens with one attached hydrogen (secondary N) is 1. The minimum atomic E-state index is -3.67. The summed E-state index contributed by atoms with van der Waals surface area (Å²) in [5, 5.41) is 2.71. The van der Waals surface area contributed by atoms with E-state index in [9.17, 15) is 18.0 Å². The third-order valence-electron chi connectivity index (χ3n) is 5.04. The summed E-state index contributed by atoms with van der Waals surface area (Å²) in [7, 11) is -2.14. The second-order valence-corrected chi connectivity index (χ2v) is 9.78. The highest BCUT2D eigenvalue weighted by Gasteiger charge is 2.21. The molecular formula is C26H28N2O6S. The maximum Gasteiger partial charge on any atom is 0.310 e. The van der Waals surface area contributed by atoms with Crippen molar-refractivity contribution < 1.29 is 27.5 Å². The molecule has 0 spiro atoms. The van der Waals surface area contributed by atoms with Gasteiger partial charge in [-0.05, 0) is 54.4 Å². The van der Waals surface area contributed by atoms with Crippen LogP contribution in [0, 0.1) is 0 Å². The molecule has 0 aliphatic carbocycles. The van der Waals surface area contributed by atoms with Gasteiger partial charge in [-0.2, -0.15) is 4.31 Å². The van der Waals surface area contributed by atoms with Crippen molar-refractivity contribution in [3.63, 3.8) is 0 Å². The SMILES string of the molecule is CCOC(=O)Cc1ccc(NC(=O)COc2ccc(S(=O)(=O)N(C)Cc3ccccc3)cc2)cc1. The molecule has 35 heavy (non-hydrogen) atoms. The third-order valence-corrected chi connectivity index (χ3v) is 6.86. The lowest BCUT2D eigenvalue weighted by atomic mass is 10.1. The first-order chi connectivity index (χ1) is 16.8. The summed E-state index contributed by atoms with van der Waals surface area (Å²) in [4.78, 5) is 23.9. The number of sulfonamides is 1. The van der Waals surface area contributed by atoms with E-state index in [4.69, 9.17) is 9.47 Å². The largest absolute Gasteiger partial charge is 0.484 e. The van der Waals surface area contributed by atoms with Gasteiger partial charge < -0.3 is 14.8 Å². The maximum atomic E-state index is 12.8. The van der Waals surface area contributed by atoms with Gasteiger partial charge in [-0.1, -0.05) is 42.5 Å². The van der Waals surface area contributed by atoms with E-state index in [1.807, 2.05) is 30.3 Å². The van der Waals surface area contributed by atoms with Gasteiger partial charge in [0.15, 0.2) is 6.61 Å². The summed E-state index contributed by atoms with van der Waals surface area (Å²) in [6.07, 6.45) is 0.166. The number of rotatable bonds is 11. The Morgan fingerprint density at radius 2 is 1.54 bits per heavy atom. The average molecular weight is 497 g/mol.